The lowest BCUT2D eigenvalue weighted by molar-refractivity contribution is 0.424. The SMILES string of the molecule is Cc1noc(-c2csc(Cc3ccccc3)n2)n1. The van der Waals surface area contributed by atoms with Crippen LogP contribution in [-0.4, -0.2) is 15.1 Å². The summed E-state index contributed by atoms with van der Waals surface area (Å²) >= 11 is 1.61. The lowest BCUT2D eigenvalue weighted by Gasteiger charge is -1.95. The summed E-state index contributed by atoms with van der Waals surface area (Å²) in [6.07, 6.45) is 0.832. The van der Waals surface area contributed by atoms with E-state index in [2.05, 4.69) is 27.3 Å². The van der Waals surface area contributed by atoms with E-state index >= 15 is 0 Å². The Labute approximate surface area is 108 Å². The Kier molecular flexibility index (Phi) is 2.90. The molecule has 3 aromatic rings. The topological polar surface area (TPSA) is 51.8 Å². The lowest BCUT2D eigenvalue weighted by atomic mass is 10.2. The molecule has 0 spiro atoms. The Hall–Kier alpha value is -2.01. The fourth-order valence-electron chi connectivity index (χ4n) is 1.66. The van der Waals surface area contributed by atoms with Gasteiger partial charge >= 0.3 is 0 Å². The van der Waals surface area contributed by atoms with Crippen molar-refractivity contribution in [2.45, 2.75) is 13.3 Å². The van der Waals surface area contributed by atoms with Crippen molar-refractivity contribution in [3.8, 4) is 11.6 Å². The van der Waals surface area contributed by atoms with Gasteiger partial charge < -0.3 is 4.52 Å². The molecule has 0 radical (unpaired) electrons. The summed E-state index contributed by atoms with van der Waals surface area (Å²) in [5.41, 5.74) is 2.01. The number of thiazole rings is 1. The van der Waals surface area contributed by atoms with Crippen LogP contribution in [0.4, 0.5) is 0 Å². The maximum absolute atomic E-state index is 5.10. The number of aryl methyl sites for hydroxylation is 1. The average molecular weight is 257 g/mol. The first-order valence-corrected chi connectivity index (χ1v) is 6.48. The van der Waals surface area contributed by atoms with Gasteiger partial charge in [-0.15, -0.1) is 11.3 Å². The summed E-state index contributed by atoms with van der Waals surface area (Å²) in [5.74, 6) is 1.12. The second-order valence-corrected chi connectivity index (χ2v) is 4.88. The van der Waals surface area contributed by atoms with Crippen molar-refractivity contribution < 1.29 is 4.52 Å². The van der Waals surface area contributed by atoms with Crippen LogP contribution in [0.2, 0.25) is 0 Å². The van der Waals surface area contributed by atoms with E-state index in [1.165, 1.54) is 5.56 Å². The second kappa shape index (κ2) is 4.70. The van der Waals surface area contributed by atoms with Crippen molar-refractivity contribution in [2.75, 3.05) is 0 Å². The monoisotopic (exact) mass is 257 g/mol. The third-order valence-corrected chi connectivity index (χ3v) is 3.35. The largest absolute Gasteiger partial charge is 0.332 e. The zero-order valence-corrected chi connectivity index (χ0v) is 10.6. The first-order chi connectivity index (χ1) is 8.81. The van der Waals surface area contributed by atoms with E-state index < -0.39 is 0 Å². The normalized spacial score (nSPS) is 10.7. The Morgan fingerprint density at radius 2 is 2.00 bits per heavy atom. The molecule has 18 heavy (non-hydrogen) atoms. The Morgan fingerprint density at radius 1 is 1.17 bits per heavy atom. The minimum atomic E-state index is 0.489. The Balaban J connectivity index is 1.82. The van der Waals surface area contributed by atoms with Crippen molar-refractivity contribution in [3.63, 3.8) is 0 Å². The molecule has 2 aromatic heterocycles. The van der Waals surface area contributed by atoms with Crippen molar-refractivity contribution in [1.29, 1.82) is 0 Å². The number of benzene rings is 1. The van der Waals surface area contributed by atoms with Crippen LogP contribution in [0.15, 0.2) is 40.2 Å². The van der Waals surface area contributed by atoms with Gasteiger partial charge in [0, 0.05) is 11.8 Å². The van der Waals surface area contributed by atoms with Crippen LogP contribution < -0.4 is 0 Å². The van der Waals surface area contributed by atoms with E-state index in [1.54, 1.807) is 18.3 Å². The van der Waals surface area contributed by atoms with Crippen LogP contribution in [0, 0.1) is 6.92 Å². The van der Waals surface area contributed by atoms with Crippen LogP contribution in [0.25, 0.3) is 11.6 Å². The molecule has 0 unspecified atom stereocenters. The standard InChI is InChI=1S/C13H11N3OS/c1-9-14-13(17-16-9)11-8-18-12(15-11)7-10-5-3-2-4-6-10/h2-6,8H,7H2,1H3. The predicted octanol–water partition coefficient (Wildman–Crippen LogP) is 3.09. The molecule has 0 aliphatic carbocycles. The molecule has 0 saturated carbocycles. The van der Waals surface area contributed by atoms with E-state index in [9.17, 15) is 0 Å². The molecule has 3 rings (SSSR count). The molecule has 2 heterocycles. The van der Waals surface area contributed by atoms with Gasteiger partial charge in [0.2, 0.25) is 0 Å². The third kappa shape index (κ3) is 2.31. The molecule has 0 saturated heterocycles. The van der Waals surface area contributed by atoms with Gasteiger partial charge in [-0.05, 0) is 12.5 Å². The zero-order valence-electron chi connectivity index (χ0n) is 9.83. The summed E-state index contributed by atoms with van der Waals surface area (Å²) in [4.78, 5) is 8.68. The fourth-order valence-corrected chi connectivity index (χ4v) is 2.46. The molecule has 0 atom stereocenters. The Morgan fingerprint density at radius 3 is 2.72 bits per heavy atom. The zero-order chi connectivity index (χ0) is 12.4. The molecule has 5 heteroatoms. The van der Waals surface area contributed by atoms with Crippen LogP contribution in [0.5, 0.6) is 0 Å². The van der Waals surface area contributed by atoms with E-state index in [4.69, 9.17) is 4.52 Å². The van der Waals surface area contributed by atoms with Gasteiger partial charge in [0.1, 0.15) is 5.69 Å². The fraction of sp³-hybridized carbons (Fsp3) is 0.154. The van der Waals surface area contributed by atoms with Gasteiger partial charge in [-0.25, -0.2) is 4.98 Å². The average Bonchev–Trinajstić information content (AvgIpc) is 2.99. The van der Waals surface area contributed by atoms with Crippen LogP contribution >= 0.6 is 11.3 Å². The highest BCUT2D eigenvalue weighted by Gasteiger charge is 2.10. The summed E-state index contributed by atoms with van der Waals surface area (Å²) in [6, 6.07) is 10.3. The molecular formula is C13H11N3OS. The van der Waals surface area contributed by atoms with Gasteiger partial charge in [-0.3, -0.25) is 0 Å². The second-order valence-electron chi connectivity index (χ2n) is 3.94. The third-order valence-electron chi connectivity index (χ3n) is 2.50. The first-order valence-electron chi connectivity index (χ1n) is 5.60. The minimum Gasteiger partial charge on any atom is -0.332 e. The van der Waals surface area contributed by atoms with Crippen molar-refractivity contribution in [1.82, 2.24) is 15.1 Å². The van der Waals surface area contributed by atoms with Crippen molar-refractivity contribution in [3.05, 3.63) is 52.1 Å². The van der Waals surface area contributed by atoms with Gasteiger partial charge in [-0.1, -0.05) is 35.5 Å². The number of hydrogen-bond acceptors (Lipinski definition) is 5. The summed E-state index contributed by atoms with van der Waals surface area (Å²) in [7, 11) is 0. The van der Waals surface area contributed by atoms with Gasteiger partial charge in [-0.2, -0.15) is 4.98 Å². The molecular weight excluding hydrogens is 246 g/mol. The predicted molar refractivity (Wildman–Crippen MR) is 69.4 cm³/mol. The maximum atomic E-state index is 5.10. The van der Waals surface area contributed by atoms with Crippen LogP contribution in [0.1, 0.15) is 16.4 Å². The van der Waals surface area contributed by atoms with Gasteiger partial charge in [0.05, 0.1) is 5.01 Å². The van der Waals surface area contributed by atoms with E-state index in [0.717, 1.165) is 17.1 Å². The maximum Gasteiger partial charge on any atom is 0.277 e. The molecule has 0 amide bonds. The van der Waals surface area contributed by atoms with Gasteiger partial charge in [0.15, 0.2) is 5.82 Å². The quantitative estimate of drug-likeness (QED) is 0.723. The van der Waals surface area contributed by atoms with Crippen LogP contribution in [0.3, 0.4) is 0 Å². The minimum absolute atomic E-state index is 0.489. The smallest absolute Gasteiger partial charge is 0.277 e. The van der Waals surface area contributed by atoms with Crippen LogP contribution in [-0.2, 0) is 6.42 Å². The Bertz CT molecular complexity index is 645. The summed E-state index contributed by atoms with van der Waals surface area (Å²) in [5, 5.41) is 6.76. The molecule has 90 valence electrons. The lowest BCUT2D eigenvalue weighted by Crippen LogP contribution is -1.87. The summed E-state index contributed by atoms with van der Waals surface area (Å²) in [6.45, 7) is 1.80. The van der Waals surface area contributed by atoms with Crippen molar-refractivity contribution >= 4 is 11.3 Å². The van der Waals surface area contributed by atoms with E-state index in [1.807, 2.05) is 23.6 Å². The number of nitrogens with zero attached hydrogens (tertiary/aromatic N) is 3. The molecule has 0 aliphatic heterocycles. The number of aromatic nitrogens is 3. The molecule has 1 aromatic carbocycles. The number of hydrogen-bond donors (Lipinski definition) is 0. The van der Waals surface area contributed by atoms with E-state index in [0.29, 0.717) is 11.7 Å². The highest BCUT2D eigenvalue weighted by Crippen LogP contribution is 2.21. The van der Waals surface area contributed by atoms with E-state index in [-0.39, 0.29) is 0 Å². The highest BCUT2D eigenvalue weighted by molar-refractivity contribution is 7.10. The molecule has 0 N–H and O–H groups in total. The molecule has 0 fully saturated rings. The van der Waals surface area contributed by atoms with Gasteiger partial charge in [0.25, 0.3) is 5.89 Å². The molecule has 0 bridgehead atoms. The first kappa shape index (κ1) is 11.1. The summed E-state index contributed by atoms with van der Waals surface area (Å²) < 4.78 is 5.10. The number of rotatable bonds is 3. The van der Waals surface area contributed by atoms with Crippen molar-refractivity contribution in [2.24, 2.45) is 0 Å². The molecule has 0 aliphatic rings. The highest BCUT2D eigenvalue weighted by atomic mass is 32.1. The molecule has 4 nitrogen and oxygen atoms in total.